The molecule has 7 heteroatoms. The van der Waals surface area contributed by atoms with Gasteiger partial charge in [0.05, 0.1) is 11.1 Å². The van der Waals surface area contributed by atoms with Crippen molar-refractivity contribution in [2.45, 2.75) is 24.4 Å². The quantitative estimate of drug-likeness (QED) is 0.696. The van der Waals surface area contributed by atoms with Crippen LogP contribution in [0.1, 0.15) is 19.3 Å². The first kappa shape index (κ1) is 13.6. The van der Waals surface area contributed by atoms with Crippen molar-refractivity contribution in [3.8, 4) is 0 Å². The Labute approximate surface area is 125 Å². The van der Waals surface area contributed by atoms with E-state index in [2.05, 4.69) is 9.97 Å². The summed E-state index contributed by atoms with van der Waals surface area (Å²) in [6.07, 6.45) is 3.45. The molecule has 1 aliphatic rings. The van der Waals surface area contributed by atoms with Crippen LogP contribution in [-0.2, 0) is 4.79 Å². The van der Waals surface area contributed by atoms with Gasteiger partial charge < -0.3 is 10.6 Å². The van der Waals surface area contributed by atoms with E-state index in [1.54, 1.807) is 0 Å². The first-order valence-corrected chi connectivity index (χ1v) is 8.52. The predicted molar refractivity (Wildman–Crippen MR) is 83.0 cm³/mol. The van der Waals surface area contributed by atoms with E-state index in [4.69, 9.17) is 5.73 Å². The SMILES string of the molecule is Nc1nc(SCC(=O)N2CCCCC2)nc2sccc12. The Balaban J connectivity index is 1.65. The lowest BCUT2D eigenvalue weighted by molar-refractivity contribution is -0.129. The summed E-state index contributed by atoms with van der Waals surface area (Å²) in [5.41, 5.74) is 5.90. The van der Waals surface area contributed by atoms with E-state index in [1.165, 1.54) is 29.5 Å². The van der Waals surface area contributed by atoms with E-state index in [0.717, 1.165) is 36.1 Å². The van der Waals surface area contributed by atoms with Crippen LogP contribution in [0.5, 0.6) is 0 Å². The molecule has 1 saturated heterocycles. The number of likely N-dealkylation sites (tertiary alicyclic amines) is 1. The molecule has 0 aromatic carbocycles. The third-order valence-electron chi connectivity index (χ3n) is 3.37. The van der Waals surface area contributed by atoms with Gasteiger partial charge in [-0.15, -0.1) is 11.3 Å². The van der Waals surface area contributed by atoms with Gasteiger partial charge in [-0.3, -0.25) is 4.79 Å². The molecular weight excluding hydrogens is 292 g/mol. The number of thiophene rings is 1. The zero-order chi connectivity index (χ0) is 13.9. The number of amides is 1. The fourth-order valence-corrected chi connectivity index (χ4v) is 3.87. The molecule has 0 aliphatic carbocycles. The van der Waals surface area contributed by atoms with Crippen LogP contribution in [0, 0.1) is 0 Å². The lowest BCUT2D eigenvalue weighted by atomic mass is 10.1. The highest BCUT2D eigenvalue weighted by Crippen LogP contribution is 2.26. The van der Waals surface area contributed by atoms with Crippen LogP contribution in [0.3, 0.4) is 0 Å². The first-order valence-electron chi connectivity index (χ1n) is 6.65. The van der Waals surface area contributed by atoms with Crippen LogP contribution < -0.4 is 5.73 Å². The maximum absolute atomic E-state index is 12.1. The second-order valence-electron chi connectivity index (χ2n) is 4.76. The largest absolute Gasteiger partial charge is 0.383 e. The third kappa shape index (κ3) is 2.88. The van der Waals surface area contributed by atoms with Crippen LogP contribution in [0.2, 0.25) is 0 Å². The van der Waals surface area contributed by atoms with Gasteiger partial charge in [-0.2, -0.15) is 0 Å². The third-order valence-corrected chi connectivity index (χ3v) is 5.01. The van der Waals surface area contributed by atoms with Gasteiger partial charge in [-0.25, -0.2) is 9.97 Å². The molecule has 3 rings (SSSR count). The van der Waals surface area contributed by atoms with Gasteiger partial charge in [0.25, 0.3) is 0 Å². The Morgan fingerprint density at radius 1 is 1.35 bits per heavy atom. The second-order valence-corrected chi connectivity index (χ2v) is 6.60. The summed E-state index contributed by atoms with van der Waals surface area (Å²) in [7, 11) is 0. The van der Waals surface area contributed by atoms with E-state index in [9.17, 15) is 4.79 Å². The van der Waals surface area contributed by atoms with Gasteiger partial charge in [0, 0.05) is 13.1 Å². The van der Waals surface area contributed by atoms with Crippen LogP contribution in [0.15, 0.2) is 16.6 Å². The number of hydrogen-bond acceptors (Lipinski definition) is 6. The van der Waals surface area contributed by atoms with Gasteiger partial charge >= 0.3 is 0 Å². The maximum atomic E-state index is 12.1. The average molecular weight is 308 g/mol. The summed E-state index contributed by atoms with van der Waals surface area (Å²) >= 11 is 2.91. The molecule has 106 valence electrons. The molecule has 20 heavy (non-hydrogen) atoms. The van der Waals surface area contributed by atoms with E-state index in [0.29, 0.717) is 16.7 Å². The summed E-state index contributed by atoms with van der Waals surface area (Å²) in [5, 5.41) is 3.42. The van der Waals surface area contributed by atoms with Crippen molar-refractivity contribution >= 4 is 45.0 Å². The number of nitrogens with two attached hydrogens (primary N) is 1. The number of hydrogen-bond donors (Lipinski definition) is 1. The number of nitrogen functional groups attached to an aromatic ring is 1. The predicted octanol–water partition coefficient (Wildman–Crippen LogP) is 2.38. The highest BCUT2D eigenvalue weighted by molar-refractivity contribution is 7.99. The summed E-state index contributed by atoms with van der Waals surface area (Å²) < 4.78 is 0. The molecule has 2 aromatic heterocycles. The van der Waals surface area contributed by atoms with Gasteiger partial charge in [-0.05, 0) is 30.7 Å². The second kappa shape index (κ2) is 5.97. The van der Waals surface area contributed by atoms with Crippen molar-refractivity contribution in [3.05, 3.63) is 11.4 Å². The van der Waals surface area contributed by atoms with Crippen molar-refractivity contribution in [2.24, 2.45) is 0 Å². The van der Waals surface area contributed by atoms with Crippen LogP contribution in [0.25, 0.3) is 10.2 Å². The lowest BCUT2D eigenvalue weighted by Crippen LogP contribution is -2.36. The Hall–Kier alpha value is -1.34. The van der Waals surface area contributed by atoms with Crippen LogP contribution >= 0.6 is 23.1 Å². The van der Waals surface area contributed by atoms with E-state index in [-0.39, 0.29) is 5.91 Å². The Bertz CT molecular complexity index is 622. The number of piperidine rings is 1. The number of fused-ring (bicyclic) bond motifs is 1. The Morgan fingerprint density at radius 2 is 2.15 bits per heavy atom. The molecule has 0 radical (unpaired) electrons. The molecule has 0 spiro atoms. The smallest absolute Gasteiger partial charge is 0.233 e. The molecule has 1 aliphatic heterocycles. The minimum Gasteiger partial charge on any atom is -0.383 e. The van der Waals surface area contributed by atoms with Crippen molar-refractivity contribution in [1.82, 2.24) is 14.9 Å². The minimum absolute atomic E-state index is 0.170. The number of nitrogens with zero attached hydrogens (tertiary/aromatic N) is 3. The standard InChI is InChI=1S/C13H16N4OS2/c14-11-9-4-7-19-12(9)16-13(15-11)20-8-10(18)17-5-2-1-3-6-17/h4,7H,1-3,5-6,8H2,(H2,14,15,16). The van der Waals surface area contributed by atoms with Crippen molar-refractivity contribution in [3.63, 3.8) is 0 Å². The number of carbonyl (C=O) groups is 1. The molecule has 0 saturated carbocycles. The van der Waals surface area contributed by atoms with Crippen LogP contribution in [-0.4, -0.2) is 39.6 Å². The Kier molecular flexibility index (Phi) is 4.07. The van der Waals surface area contributed by atoms with Crippen molar-refractivity contribution in [2.75, 3.05) is 24.6 Å². The summed E-state index contributed by atoms with van der Waals surface area (Å²) in [5.74, 6) is 1.04. The maximum Gasteiger partial charge on any atom is 0.233 e. The average Bonchev–Trinajstić information content (AvgIpc) is 2.94. The summed E-state index contributed by atoms with van der Waals surface area (Å²) in [4.78, 5) is 23.6. The molecular formula is C13H16N4OS2. The van der Waals surface area contributed by atoms with Crippen molar-refractivity contribution in [1.29, 1.82) is 0 Å². The molecule has 1 amide bonds. The molecule has 0 unspecified atom stereocenters. The summed E-state index contributed by atoms with van der Waals surface area (Å²) in [6, 6.07) is 1.92. The van der Waals surface area contributed by atoms with Crippen LogP contribution in [0.4, 0.5) is 5.82 Å². The summed E-state index contributed by atoms with van der Waals surface area (Å²) in [6.45, 7) is 1.76. The van der Waals surface area contributed by atoms with E-state index >= 15 is 0 Å². The molecule has 3 heterocycles. The van der Waals surface area contributed by atoms with Gasteiger partial charge in [0.1, 0.15) is 10.6 Å². The number of rotatable bonds is 3. The van der Waals surface area contributed by atoms with Gasteiger partial charge in [0.15, 0.2) is 5.16 Å². The number of carbonyl (C=O) groups excluding carboxylic acids is 1. The number of anilines is 1. The number of aromatic nitrogens is 2. The zero-order valence-corrected chi connectivity index (χ0v) is 12.7. The first-order chi connectivity index (χ1) is 9.74. The lowest BCUT2D eigenvalue weighted by Gasteiger charge is -2.26. The van der Waals surface area contributed by atoms with Gasteiger partial charge in [-0.1, -0.05) is 11.8 Å². The topological polar surface area (TPSA) is 72.1 Å². The molecule has 0 bridgehead atoms. The van der Waals surface area contributed by atoms with E-state index < -0.39 is 0 Å². The van der Waals surface area contributed by atoms with E-state index in [1.807, 2.05) is 16.3 Å². The fraction of sp³-hybridized carbons (Fsp3) is 0.462. The monoisotopic (exact) mass is 308 g/mol. The minimum atomic E-state index is 0.170. The molecule has 5 nitrogen and oxygen atoms in total. The van der Waals surface area contributed by atoms with Crippen molar-refractivity contribution < 1.29 is 4.79 Å². The number of thioether (sulfide) groups is 1. The zero-order valence-electron chi connectivity index (χ0n) is 11.0. The molecule has 0 atom stereocenters. The molecule has 1 fully saturated rings. The normalized spacial score (nSPS) is 15.7. The molecule has 2 N–H and O–H groups in total. The highest BCUT2D eigenvalue weighted by Gasteiger charge is 2.17. The fourth-order valence-electron chi connectivity index (χ4n) is 2.28. The van der Waals surface area contributed by atoms with Gasteiger partial charge in [0.2, 0.25) is 5.91 Å². The molecule has 2 aromatic rings. The highest BCUT2D eigenvalue weighted by atomic mass is 32.2. The Morgan fingerprint density at radius 3 is 2.95 bits per heavy atom.